The summed E-state index contributed by atoms with van der Waals surface area (Å²) in [4.78, 5) is 10.7. The third-order valence-corrected chi connectivity index (χ3v) is 3.55. The Morgan fingerprint density at radius 3 is 2.39 bits per heavy atom. The van der Waals surface area contributed by atoms with E-state index in [4.69, 9.17) is 5.11 Å². The van der Waals surface area contributed by atoms with Crippen LogP contribution in [0.25, 0.3) is 0 Å². The molecule has 0 fully saturated rings. The Kier molecular flexibility index (Phi) is 7.92. The molecule has 0 aliphatic carbocycles. The van der Waals surface area contributed by atoms with Gasteiger partial charge in [-0.25, -0.2) is 0 Å². The minimum absolute atomic E-state index is 0.314. The van der Waals surface area contributed by atoms with E-state index in [9.17, 15) is 9.90 Å². The van der Waals surface area contributed by atoms with E-state index < -0.39 is 11.6 Å². The van der Waals surface area contributed by atoms with Gasteiger partial charge in [0, 0.05) is 0 Å². The van der Waals surface area contributed by atoms with Gasteiger partial charge in [0.05, 0.1) is 11.5 Å². The number of aliphatic hydroxyl groups is 1. The summed E-state index contributed by atoms with van der Waals surface area (Å²) in [5, 5.41) is 19.0. The minimum Gasteiger partial charge on any atom is -0.481 e. The van der Waals surface area contributed by atoms with Crippen molar-refractivity contribution in [2.24, 2.45) is 5.92 Å². The molecule has 0 bridgehead atoms. The van der Waals surface area contributed by atoms with Crippen LogP contribution in [-0.2, 0) is 4.79 Å². The zero-order valence-electron chi connectivity index (χ0n) is 12.2. The lowest BCUT2D eigenvalue weighted by Crippen LogP contribution is -2.24. The third kappa shape index (κ3) is 8.29. The molecule has 3 nitrogen and oxygen atoms in total. The summed E-state index contributed by atoms with van der Waals surface area (Å²) in [6.07, 6.45) is 6.97. The molecule has 0 spiro atoms. The SMILES string of the molecule is C/C=C(\C)CCCC(C)(O)CCCC(C)C(=O)O. The van der Waals surface area contributed by atoms with Crippen LogP contribution in [0.3, 0.4) is 0 Å². The maximum atomic E-state index is 10.7. The number of carbonyl (C=O) groups is 1. The van der Waals surface area contributed by atoms with Gasteiger partial charge in [-0.1, -0.05) is 18.6 Å². The van der Waals surface area contributed by atoms with Crippen molar-refractivity contribution in [2.75, 3.05) is 0 Å². The predicted octanol–water partition coefficient (Wildman–Crippen LogP) is 3.76. The van der Waals surface area contributed by atoms with Gasteiger partial charge < -0.3 is 10.2 Å². The lowest BCUT2D eigenvalue weighted by atomic mass is 9.90. The van der Waals surface area contributed by atoms with E-state index in [0.717, 1.165) is 25.7 Å². The summed E-state index contributed by atoms with van der Waals surface area (Å²) >= 11 is 0. The van der Waals surface area contributed by atoms with Crippen molar-refractivity contribution in [1.82, 2.24) is 0 Å². The van der Waals surface area contributed by atoms with Gasteiger partial charge >= 0.3 is 5.97 Å². The highest BCUT2D eigenvalue weighted by Crippen LogP contribution is 2.23. The van der Waals surface area contributed by atoms with Crippen molar-refractivity contribution in [3.8, 4) is 0 Å². The molecule has 2 atom stereocenters. The first-order valence-corrected chi connectivity index (χ1v) is 6.85. The molecule has 2 unspecified atom stereocenters. The Morgan fingerprint density at radius 2 is 1.89 bits per heavy atom. The van der Waals surface area contributed by atoms with Gasteiger partial charge in [0.25, 0.3) is 0 Å². The van der Waals surface area contributed by atoms with E-state index in [2.05, 4.69) is 13.0 Å². The third-order valence-electron chi connectivity index (χ3n) is 3.55. The molecular formula is C15H28O3. The summed E-state index contributed by atoms with van der Waals surface area (Å²) < 4.78 is 0. The van der Waals surface area contributed by atoms with Crippen molar-refractivity contribution < 1.29 is 15.0 Å². The number of hydrogen-bond donors (Lipinski definition) is 2. The highest BCUT2D eigenvalue weighted by Gasteiger charge is 2.20. The normalized spacial score (nSPS) is 17.3. The Hall–Kier alpha value is -0.830. The lowest BCUT2D eigenvalue weighted by Gasteiger charge is -2.23. The van der Waals surface area contributed by atoms with E-state index in [1.165, 1.54) is 5.57 Å². The van der Waals surface area contributed by atoms with E-state index in [-0.39, 0.29) is 5.92 Å². The molecule has 0 aliphatic rings. The quantitative estimate of drug-likeness (QED) is 0.617. The molecule has 2 N–H and O–H groups in total. The first-order valence-electron chi connectivity index (χ1n) is 6.85. The molecule has 0 saturated heterocycles. The van der Waals surface area contributed by atoms with Gasteiger partial charge in [-0.2, -0.15) is 0 Å². The molecule has 18 heavy (non-hydrogen) atoms. The number of rotatable bonds is 9. The number of aliphatic carboxylic acids is 1. The maximum Gasteiger partial charge on any atom is 0.306 e. The van der Waals surface area contributed by atoms with Crippen LogP contribution in [0.5, 0.6) is 0 Å². The second kappa shape index (κ2) is 8.30. The zero-order chi connectivity index (χ0) is 14.2. The van der Waals surface area contributed by atoms with E-state index in [0.29, 0.717) is 12.8 Å². The van der Waals surface area contributed by atoms with Crippen molar-refractivity contribution in [1.29, 1.82) is 0 Å². The van der Waals surface area contributed by atoms with Crippen LogP contribution in [0.1, 0.15) is 66.2 Å². The van der Waals surface area contributed by atoms with Gasteiger partial charge in [-0.3, -0.25) is 4.79 Å². The lowest BCUT2D eigenvalue weighted by molar-refractivity contribution is -0.141. The largest absolute Gasteiger partial charge is 0.481 e. The second-order valence-electron chi connectivity index (χ2n) is 5.62. The minimum atomic E-state index is -0.752. The van der Waals surface area contributed by atoms with Crippen LogP contribution in [-0.4, -0.2) is 21.8 Å². The van der Waals surface area contributed by atoms with Gasteiger partial charge in [-0.05, 0) is 59.3 Å². The first-order chi connectivity index (χ1) is 8.28. The van der Waals surface area contributed by atoms with Crippen LogP contribution in [0.15, 0.2) is 11.6 Å². The molecule has 0 rings (SSSR count). The monoisotopic (exact) mass is 256 g/mol. The topological polar surface area (TPSA) is 57.5 Å². The summed E-state index contributed by atoms with van der Waals surface area (Å²) in [5.41, 5.74) is 0.692. The number of carboxylic acid groups (broad SMARTS) is 1. The maximum absolute atomic E-state index is 10.7. The fourth-order valence-electron chi connectivity index (χ4n) is 1.93. The molecule has 0 radical (unpaired) electrons. The van der Waals surface area contributed by atoms with Crippen molar-refractivity contribution >= 4 is 5.97 Å². The van der Waals surface area contributed by atoms with Gasteiger partial charge in [0.1, 0.15) is 0 Å². The molecule has 0 aliphatic heterocycles. The average molecular weight is 256 g/mol. The highest BCUT2D eigenvalue weighted by molar-refractivity contribution is 5.69. The van der Waals surface area contributed by atoms with Gasteiger partial charge in [-0.15, -0.1) is 0 Å². The Morgan fingerprint density at radius 1 is 1.33 bits per heavy atom. The standard InChI is InChI=1S/C15H28O3/c1-5-12(2)8-6-10-15(4,18)11-7-9-13(3)14(16)17/h5,13,18H,6-11H2,1-4H3,(H,16,17)/b12-5+. The second-order valence-corrected chi connectivity index (χ2v) is 5.62. The van der Waals surface area contributed by atoms with Crippen LogP contribution in [0, 0.1) is 5.92 Å². The molecule has 0 aromatic heterocycles. The molecule has 3 heteroatoms. The van der Waals surface area contributed by atoms with Crippen LogP contribution < -0.4 is 0 Å². The number of allylic oxidation sites excluding steroid dienone is 2. The fourth-order valence-corrected chi connectivity index (χ4v) is 1.93. The average Bonchev–Trinajstić information content (AvgIpc) is 2.27. The van der Waals surface area contributed by atoms with Crippen molar-refractivity contribution in [2.45, 2.75) is 71.8 Å². The fraction of sp³-hybridized carbons (Fsp3) is 0.800. The summed E-state index contributed by atoms with van der Waals surface area (Å²) in [7, 11) is 0. The predicted molar refractivity (Wildman–Crippen MR) is 74.6 cm³/mol. The molecule has 106 valence electrons. The van der Waals surface area contributed by atoms with Crippen molar-refractivity contribution in [3.63, 3.8) is 0 Å². The van der Waals surface area contributed by atoms with Crippen molar-refractivity contribution in [3.05, 3.63) is 11.6 Å². The zero-order valence-corrected chi connectivity index (χ0v) is 12.2. The summed E-state index contributed by atoms with van der Waals surface area (Å²) in [6.45, 7) is 7.69. The Bertz CT molecular complexity index is 279. The Balaban J connectivity index is 3.83. The van der Waals surface area contributed by atoms with Gasteiger partial charge in [0.15, 0.2) is 0 Å². The highest BCUT2D eigenvalue weighted by atomic mass is 16.4. The molecule has 0 aromatic carbocycles. The molecule has 0 saturated carbocycles. The number of hydrogen-bond acceptors (Lipinski definition) is 2. The summed E-state index contributed by atoms with van der Waals surface area (Å²) in [5.74, 6) is -1.07. The van der Waals surface area contributed by atoms with Crippen LogP contribution in [0.4, 0.5) is 0 Å². The molecule has 0 heterocycles. The van der Waals surface area contributed by atoms with E-state index >= 15 is 0 Å². The summed E-state index contributed by atoms with van der Waals surface area (Å²) in [6, 6.07) is 0. The Labute approximate surface area is 111 Å². The van der Waals surface area contributed by atoms with Crippen LogP contribution in [0.2, 0.25) is 0 Å². The van der Waals surface area contributed by atoms with Crippen LogP contribution >= 0.6 is 0 Å². The molecule has 0 amide bonds. The van der Waals surface area contributed by atoms with Gasteiger partial charge in [0.2, 0.25) is 0 Å². The first kappa shape index (κ1) is 17.2. The molecular weight excluding hydrogens is 228 g/mol. The number of carboxylic acids is 1. The molecule has 0 aromatic rings. The van der Waals surface area contributed by atoms with E-state index in [1.807, 2.05) is 13.8 Å². The smallest absolute Gasteiger partial charge is 0.306 e. The van der Waals surface area contributed by atoms with E-state index in [1.54, 1.807) is 6.92 Å².